The molecule has 2 saturated heterocycles. The van der Waals surface area contributed by atoms with Crippen LogP contribution < -0.4 is 5.32 Å². The van der Waals surface area contributed by atoms with Gasteiger partial charge in [0.2, 0.25) is 0 Å². The Morgan fingerprint density at radius 1 is 1.08 bits per heavy atom. The van der Waals surface area contributed by atoms with Crippen molar-refractivity contribution in [1.29, 1.82) is 0 Å². The molecule has 2 aliphatic rings. The van der Waals surface area contributed by atoms with Crippen molar-refractivity contribution < 1.29 is 14.3 Å². The minimum atomic E-state index is -0.162. The van der Waals surface area contributed by atoms with Crippen LogP contribution in [0.5, 0.6) is 0 Å². The molecular weight excluding hydrogens is 332 g/mol. The summed E-state index contributed by atoms with van der Waals surface area (Å²) in [5.74, 6) is -0.236. The summed E-state index contributed by atoms with van der Waals surface area (Å²) in [6.07, 6.45) is 5.95. The van der Waals surface area contributed by atoms with Gasteiger partial charge in [0.25, 0.3) is 11.8 Å². The summed E-state index contributed by atoms with van der Waals surface area (Å²) in [5.41, 5.74) is 0.841. The number of hydrogen-bond donors (Lipinski definition) is 1. The zero-order valence-electron chi connectivity index (χ0n) is 15.3. The molecule has 7 heteroatoms. The minimum absolute atomic E-state index is 0.0742. The standard InChI is InChI=1S/C19H28N4O3/c24-18(21-7-10-22-11-13-26-14-12-22)16-5-6-20-17(15-16)19(25)23-8-3-1-2-4-9-23/h5-6,15H,1-4,7-14H2,(H,21,24). The van der Waals surface area contributed by atoms with Crippen LogP contribution in [-0.2, 0) is 4.74 Å². The maximum atomic E-state index is 12.7. The van der Waals surface area contributed by atoms with E-state index < -0.39 is 0 Å². The van der Waals surface area contributed by atoms with Gasteiger partial charge in [-0.3, -0.25) is 19.5 Å². The van der Waals surface area contributed by atoms with Gasteiger partial charge < -0.3 is 15.0 Å². The van der Waals surface area contributed by atoms with Crippen LogP contribution in [0.2, 0.25) is 0 Å². The number of aromatic nitrogens is 1. The van der Waals surface area contributed by atoms with E-state index in [9.17, 15) is 9.59 Å². The number of rotatable bonds is 5. The number of pyridine rings is 1. The number of carbonyl (C=O) groups is 2. The molecule has 3 heterocycles. The second-order valence-corrected chi connectivity index (χ2v) is 6.85. The summed E-state index contributed by atoms with van der Waals surface area (Å²) in [7, 11) is 0. The molecule has 0 atom stereocenters. The normalized spacial score (nSPS) is 19.0. The van der Waals surface area contributed by atoms with Gasteiger partial charge in [0.05, 0.1) is 13.2 Å². The van der Waals surface area contributed by atoms with E-state index in [1.807, 2.05) is 4.90 Å². The maximum absolute atomic E-state index is 12.7. The molecule has 142 valence electrons. The first-order valence-corrected chi connectivity index (χ1v) is 9.58. The van der Waals surface area contributed by atoms with Crippen LogP contribution in [0.4, 0.5) is 0 Å². The lowest BCUT2D eigenvalue weighted by molar-refractivity contribution is 0.0383. The van der Waals surface area contributed by atoms with Gasteiger partial charge in [0.1, 0.15) is 5.69 Å². The van der Waals surface area contributed by atoms with E-state index in [2.05, 4.69) is 15.2 Å². The first kappa shape index (κ1) is 18.8. The molecule has 1 aromatic rings. The van der Waals surface area contributed by atoms with Crippen molar-refractivity contribution in [3.05, 3.63) is 29.6 Å². The van der Waals surface area contributed by atoms with Crippen LogP contribution in [0.15, 0.2) is 18.3 Å². The third-order valence-electron chi connectivity index (χ3n) is 4.95. The van der Waals surface area contributed by atoms with Gasteiger partial charge in [0.15, 0.2) is 0 Å². The predicted molar refractivity (Wildman–Crippen MR) is 98.2 cm³/mol. The molecule has 1 N–H and O–H groups in total. The molecule has 3 rings (SSSR count). The van der Waals surface area contributed by atoms with Gasteiger partial charge in [-0.05, 0) is 25.0 Å². The lowest BCUT2D eigenvalue weighted by Gasteiger charge is -2.26. The average Bonchev–Trinajstić information content (AvgIpc) is 2.98. The number of hydrogen-bond acceptors (Lipinski definition) is 5. The van der Waals surface area contributed by atoms with Gasteiger partial charge >= 0.3 is 0 Å². The summed E-state index contributed by atoms with van der Waals surface area (Å²) in [4.78, 5) is 33.4. The van der Waals surface area contributed by atoms with E-state index in [1.54, 1.807) is 18.3 Å². The zero-order chi connectivity index (χ0) is 18.2. The number of morpholine rings is 1. The van der Waals surface area contributed by atoms with Crippen LogP contribution in [0, 0.1) is 0 Å². The average molecular weight is 360 g/mol. The summed E-state index contributed by atoms with van der Waals surface area (Å²) >= 11 is 0. The summed E-state index contributed by atoms with van der Waals surface area (Å²) < 4.78 is 5.32. The van der Waals surface area contributed by atoms with Crippen molar-refractivity contribution in [1.82, 2.24) is 20.1 Å². The van der Waals surface area contributed by atoms with E-state index in [4.69, 9.17) is 4.74 Å². The fourth-order valence-corrected chi connectivity index (χ4v) is 3.38. The van der Waals surface area contributed by atoms with Gasteiger partial charge in [-0.15, -0.1) is 0 Å². The number of nitrogens with zero attached hydrogens (tertiary/aromatic N) is 3. The number of likely N-dealkylation sites (tertiary alicyclic amines) is 1. The van der Waals surface area contributed by atoms with Crippen molar-refractivity contribution in [3.8, 4) is 0 Å². The third kappa shape index (κ3) is 5.25. The second-order valence-electron chi connectivity index (χ2n) is 6.85. The largest absolute Gasteiger partial charge is 0.379 e. The Balaban J connectivity index is 1.53. The smallest absolute Gasteiger partial charge is 0.272 e. The Morgan fingerprint density at radius 3 is 2.54 bits per heavy atom. The molecule has 2 amide bonds. The van der Waals surface area contributed by atoms with Gasteiger partial charge in [-0.25, -0.2) is 0 Å². The molecule has 2 fully saturated rings. The highest BCUT2D eigenvalue weighted by Crippen LogP contribution is 2.13. The van der Waals surface area contributed by atoms with Crippen LogP contribution in [0.25, 0.3) is 0 Å². The van der Waals surface area contributed by atoms with E-state index in [0.29, 0.717) is 17.8 Å². The number of ether oxygens (including phenoxy) is 1. The third-order valence-corrected chi connectivity index (χ3v) is 4.95. The molecule has 0 radical (unpaired) electrons. The lowest BCUT2D eigenvalue weighted by atomic mass is 10.2. The predicted octanol–water partition coefficient (Wildman–Crippen LogP) is 1.16. The summed E-state index contributed by atoms with van der Waals surface area (Å²) in [5, 5.41) is 2.93. The van der Waals surface area contributed by atoms with Crippen LogP contribution in [-0.4, -0.2) is 79.1 Å². The SMILES string of the molecule is O=C(NCCN1CCOCC1)c1ccnc(C(=O)N2CCCCCC2)c1. The molecule has 0 aliphatic carbocycles. The fraction of sp³-hybridized carbons (Fsp3) is 0.632. The summed E-state index contributed by atoms with van der Waals surface area (Å²) in [6, 6.07) is 3.26. The van der Waals surface area contributed by atoms with Crippen LogP contribution in [0.1, 0.15) is 46.5 Å². The highest BCUT2D eigenvalue weighted by molar-refractivity contribution is 5.98. The molecule has 26 heavy (non-hydrogen) atoms. The second kappa shape index (κ2) is 9.64. The minimum Gasteiger partial charge on any atom is -0.379 e. The highest BCUT2D eigenvalue weighted by Gasteiger charge is 2.19. The Bertz CT molecular complexity index is 609. The molecule has 7 nitrogen and oxygen atoms in total. The van der Waals surface area contributed by atoms with Gasteiger partial charge in [-0.2, -0.15) is 0 Å². The number of nitrogens with one attached hydrogen (secondary N) is 1. The van der Waals surface area contributed by atoms with Crippen molar-refractivity contribution in [2.24, 2.45) is 0 Å². The Morgan fingerprint density at radius 2 is 1.81 bits per heavy atom. The molecule has 0 saturated carbocycles. The molecule has 2 aliphatic heterocycles. The Kier molecular flexibility index (Phi) is 6.96. The molecule has 0 unspecified atom stereocenters. The maximum Gasteiger partial charge on any atom is 0.272 e. The summed E-state index contributed by atoms with van der Waals surface area (Å²) in [6.45, 7) is 6.24. The monoisotopic (exact) mass is 360 g/mol. The zero-order valence-corrected chi connectivity index (χ0v) is 15.3. The van der Waals surface area contributed by atoms with E-state index in [-0.39, 0.29) is 11.8 Å². The van der Waals surface area contributed by atoms with Crippen molar-refractivity contribution in [3.63, 3.8) is 0 Å². The van der Waals surface area contributed by atoms with E-state index >= 15 is 0 Å². The van der Waals surface area contributed by atoms with E-state index in [1.165, 1.54) is 12.8 Å². The first-order chi connectivity index (χ1) is 12.7. The highest BCUT2D eigenvalue weighted by atomic mass is 16.5. The van der Waals surface area contributed by atoms with Gasteiger partial charge in [0, 0.05) is 51.0 Å². The van der Waals surface area contributed by atoms with Crippen LogP contribution >= 0.6 is 0 Å². The van der Waals surface area contributed by atoms with Crippen molar-refractivity contribution in [2.45, 2.75) is 25.7 Å². The van der Waals surface area contributed by atoms with E-state index in [0.717, 1.165) is 58.8 Å². The Hall–Kier alpha value is -1.99. The Labute approximate surface area is 154 Å². The molecule has 0 spiro atoms. The number of amides is 2. The molecular formula is C19H28N4O3. The molecule has 1 aromatic heterocycles. The van der Waals surface area contributed by atoms with Crippen molar-refractivity contribution >= 4 is 11.8 Å². The molecule has 0 bridgehead atoms. The lowest BCUT2D eigenvalue weighted by Crippen LogP contribution is -2.41. The number of carbonyl (C=O) groups excluding carboxylic acids is 2. The van der Waals surface area contributed by atoms with Crippen molar-refractivity contribution in [2.75, 3.05) is 52.5 Å². The first-order valence-electron chi connectivity index (χ1n) is 9.58. The molecule has 0 aromatic carbocycles. The topological polar surface area (TPSA) is 74.8 Å². The van der Waals surface area contributed by atoms with Gasteiger partial charge in [-0.1, -0.05) is 12.8 Å². The quantitative estimate of drug-likeness (QED) is 0.853. The van der Waals surface area contributed by atoms with Crippen LogP contribution in [0.3, 0.4) is 0 Å². The fourth-order valence-electron chi connectivity index (χ4n) is 3.38.